The average molecular weight is 602 g/mol. The topological polar surface area (TPSA) is 146 Å². The van der Waals surface area contributed by atoms with Crippen LogP contribution < -0.4 is 26.2 Å². The normalized spacial score (nSPS) is 20.6. The Morgan fingerprint density at radius 2 is 1.70 bits per heavy atom. The molecular formula is C33H43N7O4. The minimum Gasteiger partial charge on any atom is -0.507 e. The third kappa shape index (κ3) is 7.69. The third-order valence-electron chi connectivity index (χ3n) is 8.23. The maximum absolute atomic E-state index is 13.8. The molecule has 0 bridgehead atoms. The number of aromatic nitrogens is 2. The molecule has 1 aromatic heterocycles. The number of carbonyl (C=O) groups is 2. The zero-order valence-electron chi connectivity index (χ0n) is 25.7. The number of carbonyl (C=O) groups excluding carboxylic acids is 2. The number of rotatable bonds is 7. The van der Waals surface area contributed by atoms with Crippen LogP contribution in [0.4, 0.5) is 22.0 Å². The molecule has 1 unspecified atom stereocenters. The molecule has 2 aromatic carbocycles. The van der Waals surface area contributed by atoms with Crippen LogP contribution in [0, 0.1) is 5.92 Å². The average Bonchev–Trinajstić information content (AvgIpc) is 3.00. The molecule has 2 heterocycles. The summed E-state index contributed by atoms with van der Waals surface area (Å²) in [6.07, 6.45) is 3.14. The lowest BCUT2D eigenvalue weighted by atomic mass is 9.86. The van der Waals surface area contributed by atoms with Gasteiger partial charge >= 0.3 is 6.09 Å². The molecule has 1 aliphatic carbocycles. The quantitative estimate of drug-likeness (QED) is 0.311. The second-order valence-corrected chi connectivity index (χ2v) is 12.6. The van der Waals surface area contributed by atoms with Crippen LogP contribution in [-0.2, 0) is 9.53 Å². The Morgan fingerprint density at radius 3 is 2.41 bits per heavy atom. The van der Waals surface area contributed by atoms with Gasteiger partial charge in [0.15, 0.2) is 5.82 Å². The van der Waals surface area contributed by atoms with Gasteiger partial charge in [-0.25, -0.2) is 4.79 Å². The van der Waals surface area contributed by atoms with Crippen molar-refractivity contribution >= 4 is 29.2 Å². The first-order valence-electron chi connectivity index (χ1n) is 15.3. The lowest BCUT2D eigenvalue weighted by Gasteiger charge is -2.43. The van der Waals surface area contributed by atoms with E-state index in [1.165, 1.54) is 0 Å². The highest BCUT2D eigenvalue weighted by Gasteiger charge is 2.34. The highest BCUT2D eigenvalue weighted by atomic mass is 16.6. The Hall–Kier alpha value is -4.54. The van der Waals surface area contributed by atoms with Crippen LogP contribution in [0.2, 0.25) is 0 Å². The van der Waals surface area contributed by atoms with E-state index >= 15 is 0 Å². The lowest BCUT2D eigenvalue weighted by Crippen LogP contribution is -2.60. The number of para-hydroxylation sites is 2. The van der Waals surface area contributed by atoms with Gasteiger partial charge in [-0.15, -0.1) is 10.2 Å². The molecule has 5 rings (SSSR count). The zero-order chi connectivity index (χ0) is 31.3. The minimum absolute atomic E-state index is 0.0472. The second-order valence-electron chi connectivity index (χ2n) is 12.6. The highest BCUT2D eigenvalue weighted by Crippen LogP contribution is 2.33. The summed E-state index contributed by atoms with van der Waals surface area (Å²) in [6.45, 7) is 7.78. The lowest BCUT2D eigenvalue weighted by molar-refractivity contribution is -0.122. The molecule has 2 fully saturated rings. The number of hydrogen-bond acceptors (Lipinski definition) is 9. The van der Waals surface area contributed by atoms with Gasteiger partial charge in [0.05, 0.1) is 11.4 Å². The van der Waals surface area contributed by atoms with E-state index in [2.05, 4.69) is 30.6 Å². The molecule has 2 aliphatic rings. The Morgan fingerprint density at radius 1 is 1.00 bits per heavy atom. The number of alkyl carbamates (subject to hydrolysis) is 1. The molecule has 44 heavy (non-hydrogen) atoms. The smallest absolute Gasteiger partial charge is 0.407 e. The number of hydrogen-bond donors (Lipinski definition) is 4. The first-order valence-corrected chi connectivity index (χ1v) is 15.3. The first kappa shape index (κ1) is 30.9. The number of phenolic OH excluding ortho intramolecular Hbond substituents is 1. The van der Waals surface area contributed by atoms with Crippen LogP contribution in [0.5, 0.6) is 5.75 Å². The van der Waals surface area contributed by atoms with E-state index in [4.69, 9.17) is 10.5 Å². The van der Waals surface area contributed by atoms with Crippen molar-refractivity contribution in [1.29, 1.82) is 0 Å². The van der Waals surface area contributed by atoms with Crippen molar-refractivity contribution in [1.82, 2.24) is 20.8 Å². The Bertz CT molecular complexity index is 1440. The van der Waals surface area contributed by atoms with Crippen molar-refractivity contribution in [2.24, 2.45) is 5.92 Å². The second kappa shape index (κ2) is 13.4. The molecule has 2 amide bonds. The Kier molecular flexibility index (Phi) is 9.41. The van der Waals surface area contributed by atoms with E-state index < -0.39 is 11.6 Å². The largest absolute Gasteiger partial charge is 0.507 e. The maximum atomic E-state index is 13.8. The van der Waals surface area contributed by atoms with E-state index in [1.54, 1.807) is 18.2 Å². The van der Waals surface area contributed by atoms with Crippen LogP contribution in [-0.4, -0.2) is 71.2 Å². The summed E-state index contributed by atoms with van der Waals surface area (Å²) >= 11 is 0. The predicted octanol–water partition coefficient (Wildman–Crippen LogP) is 4.33. The molecule has 1 saturated heterocycles. The number of ether oxygens (including phenoxy) is 1. The van der Waals surface area contributed by atoms with Gasteiger partial charge in [0.1, 0.15) is 17.4 Å². The Labute approximate surface area is 258 Å². The molecule has 234 valence electrons. The van der Waals surface area contributed by atoms with Crippen LogP contribution >= 0.6 is 0 Å². The molecular weight excluding hydrogens is 558 g/mol. The monoisotopic (exact) mass is 601 g/mol. The number of amides is 2. The van der Waals surface area contributed by atoms with Crippen molar-refractivity contribution in [2.45, 2.75) is 64.1 Å². The van der Waals surface area contributed by atoms with Crippen molar-refractivity contribution in [2.75, 3.05) is 41.7 Å². The molecule has 1 aliphatic heterocycles. The number of phenols is 1. The van der Waals surface area contributed by atoms with Gasteiger partial charge in [0.25, 0.3) is 0 Å². The summed E-state index contributed by atoms with van der Waals surface area (Å²) in [7, 11) is 0. The van der Waals surface area contributed by atoms with Gasteiger partial charge in [0.2, 0.25) is 5.91 Å². The maximum Gasteiger partial charge on any atom is 0.407 e. The van der Waals surface area contributed by atoms with E-state index in [0.717, 1.165) is 31.4 Å². The number of anilines is 3. The number of nitrogens with zero attached hydrogens (tertiary/aromatic N) is 4. The molecule has 11 nitrogen and oxygen atoms in total. The molecule has 0 radical (unpaired) electrons. The van der Waals surface area contributed by atoms with Crippen molar-refractivity contribution in [3.63, 3.8) is 0 Å². The van der Waals surface area contributed by atoms with Crippen molar-refractivity contribution < 1.29 is 19.4 Å². The third-order valence-corrected chi connectivity index (χ3v) is 8.23. The first-order chi connectivity index (χ1) is 21.1. The molecule has 1 saturated carbocycles. The Balaban J connectivity index is 1.25. The summed E-state index contributed by atoms with van der Waals surface area (Å²) in [6, 6.07) is 18.4. The summed E-state index contributed by atoms with van der Waals surface area (Å²) in [5, 5.41) is 25.0. The van der Waals surface area contributed by atoms with Crippen LogP contribution in [0.15, 0.2) is 60.7 Å². The summed E-state index contributed by atoms with van der Waals surface area (Å²) in [5.41, 5.74) is 8.52. The molecule has 1 atom stereocenters. The van der Waals surface area contributed by atoms with Crippen LogP contribution in [0.25, 0.3) is 11.3 Å². The van der Waals surface area contributed by atoms with Crippen LogP contribution in [0.3, 0.4) is 0 Å². The number of piperazine rings is 1. The predicted molar refractivity (Wildman–Crippen MR) is 171 cm³/mol. The fourth-order valence-electron chi connectivity index (χ4n) is 5.97. The van der Waals surface area contributed by atoms with Gasteiger partial charge < -0.3 is 36.0 Å². The molecule has 3 aromatic rings. The molecule has 5 N–H and O–H groups in total. The van der Waals surface area contributed by atoms with E-state index in [1.807, 2.05) is 63.2 Å². The SMILES string of the molecule is CC(C)(C)OC(=O)NC1CCC(CNC(=O)C2CN(c3cc(-c4ccccc4O)nnc3N)CCN2c2ccccc2)CC1. The highest BCUT2D eigenvalue weighted by molar-refractivity contribution is 5.87. The van der Waals surface area contributed by atoms with E-state index in [-0.39, 0.29) is 29.6 Å². The van der Waals surface area contributed by atoms with Gasteiger partial charge in [-0.2, -0.15) is 0 Å². The zero-order valence-corrected chi connectivity index (χ0v) is 25.7. The number of nitrogens with two attached hydrogens (primary N) is 1. The standard InChI is InChI=1S/C33H43N7O4/c1-33(2,3)44-32(43)36-23-15-13-22(14-16-23)20-35-31(42)28-21-39(17-18-40(28)24-9-5-4-6-10-24)27-19-26(37-38-30(27)34)25-11-7-8-12-29(25)41/h4-12,19,22-23,28,41H,13-18,20-21H2,1-3H3,(H2,34,38)(H,35,42)(H,36,43). The van der Waals surface area contributed by atoms with Crippen molar-refractivity contribution in [3.8, 4) is 17.0 Å². The van der Waals surface area contributed by atoms with Gasteiger partial charge in [-0.1, -0.05) is 30.3 Å². The van der Waals surface area contributed by atoms with Crippen molar-refractivity contribution in [3.05, 3.63) is 60.7 Å². The molecule has 11 heteroatoms. The fourth-order valence-corrected chi connectivity index (χ4v) is 5.97. The van der Waals surface area contributed by atoms with Gasteiger partial charge in [-0.3, -0.25) is 4.79 Å². The number of nitrogen functional groups attached to an aromatic ring is 1. The summed E-state index contributed by atoms with van der Waals surface area (Å²) < 4.78 is 5.40. The van der Waals surface area contributed by atoms with Gasteiger partial charge in [0, 0.05) is 43.5 Å². The number of benzene rings is 2. The molecule has 0 spiro atoms. The number of nitrogens with one attached hydrogen (secondary N) is 2. The van der Waals surface area contributed by atoms with E-state index in [0.29, 0.717) is 49.0 Å². The fraction of sp³-hybridized carbons (Fsp3) is 0.455. The van der Waals surface area contributed by atoms with E-state index in [9.17, 15) is 14.7 Å². The number of aromatic hydroxyl groups is 1. The summed E-state index contributed by atoms with van der Waals surface area (Å²) in [5.74, 6) is 0.669. The van der Waals surface area contributed by atoms with Crippen LogP contribution in [0.1, 0.15) is 46.5 Å². The summed E-state index contributed by atoms with van der Waals surface area (Å²) in [4.78, 5) is 30.2. The van der Waals surface area contributed by atoms with Gasteiger partial charge in [-0.05, 0) is 82.7 Å². The minimum atomic E-state index is -0.527.